The molecule has 2 rings (SSSR count). The van der Waals surface area contributed by atoms with Crippen molar-refractivity contribution in [3.63, 3.8) is 0 Å². The standard InChI is InChI=1S/C15H20N2O5/c1-9(19)15(8-18)6-5-13(20)17(15)12-4-3-10(7-11(12)16)14(21)22-2/h3-4,7,9,18-19H,5-6,8,16H2,1-2H3. The van der Waals surface area contributed by atoms with Crippen molar-refractivity contribution < 1.29 is 24.5 Å². The van der Waals surface area contributed by atoms with E-state index >= 15 is 0 Å². The predicted octanol–water partition coefficient (Wildman–Crippen LogP) is 0.294. The average Bonchev–Trinajstić information content (AvgIpc) is 2.84. The van der Waals surface area contributed by atoms with Gasteiger partial charge in [-0.1, -0.05) is 0 Å². The molecule has 7 nitrogen and oxygen atoms in total. The highest BCUT2D eigenvalue weighted by Gasteiger charge is 2.49. The van der Waals surface area contributed by atoms with Crippen LogP contribution in [0, 0.1) is 0 Å². The SMILES string of the molecule is COC(=O)c1ccc(N2C(=O)CCC2(CO)C(C)O)c(N)c1. The number of amides is 1. The second-order valence-electron chi connectivity index (χ2n) is 5.43. The summed E-state index contributed by atoms with van der Waals surface area (Å²) in [6, 6.07) is 4.43. The zero-order valence-electron chi connectivity index (χ0n) is 12.6. The third-order valence-corrected chi connectivity index (χ3v) is 4.21. The van der Waals surface area contributed by atoms with Gasteiger partial charge in [0.1, 0.15) is 0 Å². The molecule has 0 bridgehead atoms. The molecule has 4 N–H and O–H groups in total. The molecule has 2 unspecified atom stereocenters. The first-order valence-corrected chi connectivity index (χ1v) is 6.97. The second kappa shape index (κ2) is 5.94. The van der Waals surface area contributed by atoms with Crippen LogP contribution in [0.2, 0.25) is 0 Å². The maximum Gasteiger partial charge on any atom is 0.337 e. The van der Waals surface area contributed by atoms with E-state index < -0.39 is 17.6 Å². The summed E-state index contributed by atoms with van der Waals surface area (Å²) in [5.74, 6) is -0.762. The van der Waals surface area contributed by atoms with Crippen LogP contribution in [0.3, 0.4) is 0 Å². The number of nitrogen functional groups attached to an aromatic ring is 1. The number of methoxy groups -OCH3 is 1. The number of rotatable bonds is 4. The Morgan fingerprint density at radius 1 is 1.55 bits per heavy atom. The van der Waals surface area contributed by atoms with Gasteiger partial charge in [0, 0.05) is 6.42 Å². The Balaban J connectivity index is 2.49. The molecule has 1 saturated heterocycles. The highest BCUT2D eigenvalue weighted by Crippen LogP contribution is 2.40. The minimum Gasteiger partial charge on any atom is -0.465 e. The molecule has 7 heteroatoms. The molecular weight excluding hydrogens is 288 g/mol. The molecule has 1 aromatic rings. The van der Waals surface area contributed by atoms with Gasteiger partial charge in [0.05, 0.1) is 42.3 Å². The molecule has 1 aromatic carbocycles. The number of esters is 1. The first kappa shape index (κ1) is 16.3. The number of ether oxygens (including phenoxy) is 1. The summed E-state index contributed by atoms with van der Waals surface area (Å²) in [7, 11) is 1.26. The summed E-state index contributed by atoms with van der Waals surface area (Å²) in [6.07, 6.45) is -0.384. The third kappa shape index (κ3) is 2.42. The van der Waals surface area contributed by atoms with Crippen molar-refractivity contribution in [2.45, 2.75) is 31.4 Å². The van der Waals surface area contributed by atoms with Gasteiger partial charge in [-0.05, 0) is 31.5 Å². The Labute approximate surface area is 128 Å². The van der Waals surface area contributed by atoms with Crippen LogP contribution in [0.5, 0.6) is 0 Å². The number of hydrogen-bond donors (Lipinski definition) is 3. The van der Waals surface area contributed by atoms with Gasteiger partial charge in [-0.3, -0.25) is 9.69 Å². The number of nitrogens with zero attached hydrogens (tertiary/aromatic N) is 1. The molecule has 1 heterocycles. The normalized spacial score (nSPS) is 22.7. The molecule has 0 radical (unpaired) electrons. The molecule has 120 valence electrons. The van der Waals surface area contributed by atoms with Crippen molar-refractivity contribution in [1.29, 1.82) is 0 Å². The van der Waals surface area contributed by atoms with Crippen LogP contribution >= 0.6 is 0 Å². The van der Waals surface area contributed by atoms with Crippen molar-refractivity contribution >= 4 is 23.3 Å². The molecule has 0 aromatic heterocycles. The van der Waals surface area contributed by atoms with Gasteiger partial charge < -0.3 is 20.7 Å². The monoisotopic (exact) mass is 308 g/mol. The zero-order valence-corrected chi connectivity index (χ0v) is 12.6. The van der Waals surface area contributed by atoms with E-state index in [-0.39, 0.29) is 30.2 Å². The maximum atomic E-state index is 12.2. The van der Waals surface area contributed by atoms with E-state index in [1.807, 2.05) is 0 Å². The largest absolute Gasteiger partial charge is 0.465 e. The Hall–Kier alpha value is -2.12. The number of benzene rings is 1. The van der Waals surface area contributed by atoms with E-state index in [0.29, 0.717) is 12.1 Å². The number of carbonyl (C=O) groups excluding carboxylic acids is 2. The first-order valence-electron chi connectivity index (χ1n) is 6.97. The highest BCUT2D eigenvalue weighted by atomic mass is 16.5. The van der Waals surface area contributed by atoms with Gasteiger partial charge >= 0.3 is 5.97 Å². The summed E-state index contributed by atoms with van der Waals surface area (Å²) in [5.41, 5.74) is 5.70. The summed E-state index contributed by atoms with van der Waals surface area (Å²) < 4.78 is 4.62. The molecular formula is C15H20N2O5. The molecule has 1 amide bonds. The quantitative estimate of drug-likeness (QED) is 0.544. The van der Waals surface area contributed by atoms with E-state index in [9.17, 15) is 19.8 Å². The van der Waals surface area contributed by atoms with Crippen LogP contribution in [0.1, 0.15) is 30.1 Å². The number of aliphatic hydroxyl groups excluding tert-OH is 2. The maximum absolute atomic E-state index is 12.2. The fourth-order valence-electron chi connectivity index (χ4n) is 2.85. The van der Waals surface area contributed by atoms with Crippen LogP contribution in [0.25, 0.3) is 0 Å². The van der Waals surface area contributed by atoms with Gasteiger partial charge in [-0.25, -0.2) is 4.79 Å². The smallest absolute Gasteiger partial charge is 0.337 e. The lowest BCUT2D eigenvalue weighted by Crippen LogP contribution is -2.56. The minimum absolute atomic E-state index is 0.205. The van der Waals surface area contributed by atoms with Gasteiger partial charge in [0.25, 0.3) is 0 Å². The van der Waals surface area contributed by atoms with E-state index in [2.05, 4.69) is 4.74 Å². The Bertz CT molecular complexity index is 602. The molecule has 0 spiro atoms. The second-order valence-corrected chi connectivity index (χ2v) is 5.43. The third-order valence-electron chi connectivity index (χ3n) is 4.21. The fourth-order valence-corrected chi connectivity index (χ4v) is 2.85. The number of carbonyl (C=O) groups is 2. The van der Waals surface area contributed by atoms with Gasteiger partial charge in [-0.2, -0.15) is 0 Å². The van der Waals surface area contributed by atoms with E-state index in [0.717, 1.165) is 0 Å². The number of anilines is 2. The number of hydrogen-bond acceptors (Lipinski definition) is 6. The zero-order chi connectivity index (χ0) is 16.5. The number of nitrogens with two attached hydrogens (primary N) is 1. The van der Waals surface area contributed by atoms with E-state index in [1.54, 1.807) is 0 Å². The van der Waals surface area contributed by atoms with Crippen LogP contribution in [-0.2, 0) is 9.53 Å². The van der Waals surface area contributed by atoms with Crippen LogP contribution < -0.4 is 10.6 Å². The number of aliphatic hydroxyl groups is 2. The Kier molecular flexibility index (Phi) is 4.39. The Morgan fingerprint density at radius 2 is 2.23 bits per heavy atom. The van der Waals surface area contributed by atoms with Crippen LogP contribution in [0.15, 0.2) is 18.2 Å². The summed E-state index contributed by atoms with van der Waals surface area (Å²) in [6.45, 7) is 1.15. The molecule has 1 aliphatic heterocycles. The molecule has 2 atom stereocenters. The summed E-state index contributed by atoms with van der Waals surface area (Å²) >= 11 is 0. The lowest BCUT2D eigenvalue weighted by Gasteiger charge is -2.39. The summed E-state index contributed by atoms with van der Waals surface area (Å²) in [4.78, 5) is 25.1. The van der Waals surface area contributed by atoms with Crippen molar-refractivity contribution in [3.05, 3.63) is 23.8 Å². The Morgan fingerprint density at radius 3 is 2.73 bits per heavy atom. The van der Waals surface area contributed by atoms with Gasteiger partial charge in [0.2, 0.25) is 5.91 Å². The molecule has 0 saturated carbocycles. The van der Waals surface area contributed by atoms with Crippen molar-refractivity contribution in [3.8, 4) is 0 Å². The molecule has 1 aliphatic rings. The topological polar surface area (TPSA) is 113 Å². The lowest BCUT2D eigenvalue weighted by atomic mass is 9.90. The van der Waals surface area contributed by atoms with Crippen molar-refractivity contribution in [2.75, 3.05) is 24.4 Å². The van der Waals surface area contributed by atoms with Crippen LogP contribution in [0.4, 0.5) is 11.4 Å². The van der Waals surface area contributed by atoms with Crippen molar-refractivity contribution in [1.82, 2.24) is 0 Å². The average molecular weight is 308 g/mol. The van der Waals surface area contributed by atoms with Gasteiger partial charge in [0.15, 0.2) is 0 Å². The lowest BCUT2D eigenvalue weighted by molar-refractivity contribution is -0.118. The molecule has 0 aliphatic carbocycles. The summed E-state index contributed by atoms with van der Waals surface area (Å²) in [5, 5.41) is 19.8. The first-order chi connectivity index (χ1) is 10.4. The van der Waals surface area contributed by atoms with E-state index in [1.165, 1.54) is 37.1 Å². The highest BCUT2D eigenvalue weighted by molar-refractivity contribution is 6.01. The molecule has 1 fully saturated rings. The van der Waals surface area contributed by atoms with Crippen LogP contribution in [-0.4, -0.2) is 47.4 Å². The predicted molar refractivity (Wildman–Crippen MR) is 80.4 cm³/mol. The minimum atomic E-state index is -1.10. The van der Waals surface area contributed by atoms with Gasteiger partial charge in [-0.15, -0.1) is 0 Å². The fraction of sp³-hybridized carbons (Fsp3) is 0.467. The molecule has 22 heavy (non-hydrogen) atoms. The van der Waals surface area contributed by atoms with E-state index in [4.69, 9.17) is 5.73 Å². The van der Waals surface area contributed by atoms with Crippen molar-refractivity contribution in [2.24, 2.45) is 0 Å².